The quantitative estimate of drug-likeness (QED) is 0.788. The number of halogens is 2. The maximum atomic E-state index is 8.93. The van der Waals surface area contributed by atoms with Crippen molar-refractivity contribution in [1.29, 1.82) is 5.26 Å². The van der Waals surface area contributed by atoms with Crippen molar-refractivity contribution in [2.24, 2.45) is 0 Å². The van der Waals surface area contributed by atoms with Gasteiger partial charge in [0.2, 0.25) is 0 Å². The first-order chi connectivity index (χ1) is 7.22. The number of alkyl halides is 1. The van der Waals surface area contributed by atoms with Crippen molar-refractivity contribution in [2.75, 3.05) is 11.9 Å². The Morgan fingerprint density at radius 3 is 2.73 bits per heavy atom. The highest BCUT2D eigenvalue weighted by molar-refractivity contribution is 9.10. The van der Waals surface area contributed by atoms with Crippen LogP contribution in [0.4, 0.5) is 0 Å². The third kappa shape index (κ3) is 3.22. The van der Waals surface area contributed by atoms with Crippen molar-refractivity contribution in [3.8, 4) is 11.8 Å². The molecular formula is C11H11Br2NO. The number of rotatable bonds is 4. The Morgan fingerprint density at radius 1 is 1.47 bits per heavy atom. The van der Waals surface area contributed by atoms with Crippen LogP contribution in [0.15, 0.2) is 16.6 Å². The lowest BCUT2D eigenvalue weighted by Crippen LogP contribution is -1.97. The molecule has 0 aliphatic carbocycles. The minimum absolute atomic E-state index is 0.571. The van der Waals surface area contributed by atoms with Gasteiger partial charge in [0.1, 0.15) is 11.8 Å². The number of benzene rings is 1. The normalized spacial score (nSPS) is 9.73. The molecule has 4 heteroatoms. The van der Waals surface area contributed by atoms with E-state index >= 15 is 0 Å². The lowest BCUT2D eigenvalue weighted by Gasteiger charge is -2.09. The highest BCUT2D eigenvalue weighted by Crippen LogP contribution is 2.27. The van der Waals surface area contributed by atoms with Crippen LogP contribution in [0.2, 0.25) is 0 Å². The predicted molar refractivity (Wildman–Crippen MR) is 67.5 cm³/mol. The van der Waals surface area contributed by atoms with E-state index in [1.54, 1.807) is 0 Å². The molecule has 80 valence electrons. The van der Waals surface area contributed by atoms with Crippen LogP contribution in [0.1, 0.15) is 18.1 Å². The number of hydrogen-bond acceptors (Lipinski definition) is 2. The lowest BCUT2D eigenvalue weighted by molar-refractivity contribution is 0.339. The number of nitrogens with zero attached hydrogens (tertiary/aromatic N) is 1. The summed E-state index contributed by atoms with van der Waals surface area (Å²) in [6, 6.07) is 5.86. The van der Waals surface area contributed by atoms with E-state index in [9.17, 15) is 0 Å². The van der Waals surface area contributed by atoms with Gasteiger partial charge in [0.15, 0.2) is 0 Å². The largest absolute Gasteiger partial charge is 0.492 e. The SMILES string of the molecule is CCOc1cc(CCBr)c(Br)cc1C#N. The van der Waals surface area contributed by atoms with Gasteiger partial charge >= 0.3 is 0 Å². The molecule has 0 fully saturated rings. The average molecular weight is 333 g/mol. The Balaban J connectivity index is 3.13. The lowest BCUT2D eigenvalue weighted by atomic mass is 10.1. The van der Waals surface area contributed by atoms with Gasteiger partial charge in [-0.2, -0.15) is 5.26 Å². The molecule has 1 aromatic rings. The van der Waals surface area contributed by atoms with Crippen LogP contribution in [0.5, 0.6) is 5.75 Å². The van der Waals surface area contributed by atoms with E-state index in [0.717, 1.165) is 21.8 Å². The second-order valence-electron chi connectivity index (χ2n) is 2.92. The summed E-state index contributed by atoms with van der Waals surface area (Å²) in [7, 11) is 0. The fraction of sp³-hybridized carbons (Fsp3) is 0.364. The molecule has 2 nitrogen and oxygen atoms in total. The van der Waals surface area contributed by atoms with E-state index in [1.165, 1.54) is 0 Å². The Hall–Kier alpha value is -0.530. The number of aryl methyl sites for hydroxylation is 1. The molecule has 1 aromatic carbocycles. The zero-order chi connectivity index (χ0) is 11.3. The molecule has 0 atom stereocenters. The van der Waals surface area contributed by atoms with Gasteiger partial charge < -0.3 is 4.74 Å². The smallest absolute Gasteiger partial charge is 0.137 e. The van der Waals surface area contributed by atoms with Gasteiger partial charge in [-0.3, -0.25) is 0 Å². The van der Waals surface area contributed by atoms with Crippen LogP contribution in [0.3, 0.4) is 0 Å². The number of hydrogen-bond donors (Lipinski definition) is 0. The number of nitriles is 1. The average Bonchev–Trinajstić information content (AvgIpc) is 2.23. The molecule has 0 saturated heterocycles. The second-order valence-corrected chi connectivity index (χ2v) is 4.57. The van der Waals surface area contributed by atoms with Crippen LogP contribution in [0, 0.1) is 11.3 Å². The molecule has 0 saturated carbocycles. The molecule has 0 aromatic heterocycles. The molecule has 0 spiro atoms. The summed E-state index contributed by atoms with van der Waals surface area (Å²) in [6.07, 6.45) is 0.909. The van der Waals surface area contributed by atoms with Crippen LogP contribution in [-0.4, -0.2) is 11.9 Å². The molecule has 1 rings (SSSR count). The minimum Gasteiger partial charge on any atom is -0.492 e. The third-order valence-electron chi connectivity index (χ3n) is 1.93. The maximum absolute atomic E-state index is 8.93. The first-order valence-electron chi connectivity index (χ1n) is 4.64. The Kier molecular flexibility index (Phi) is 5.13. The van der Waals surface area contributed by atoms with Crippen LogP contribution in [0.25, 0.3) is 0 Å². The van der Waals surface area contributed by atoms with E-state index in [-0.39, 0.29) is 0 Å². The van der Waals surface area contributed by atoms with E-state index in [2.05, 4.69) is 37.9 Å². The van der Waals surface area contributed by atoms with Gasteiger partial charge in [0.05, 0.1) is 12.2 Å². The van der Waals surface area contributed by atoms with Gasteiger partial charge in [-0.15, -0.1) is 0 Å². The minimum atomic E-state index is 0.571. The van der Waals surface area contributed by atoms with E-state index in [1.807, 2.05) is 19.1 Å². The fourth-order valence-electron chi connectivity index (χ4n) is 1.25. The second kappa shape index (κ2) is 6.14. The van der Waals surface area contributed by atoms with Gasteiger partial charge in [0.25, 0.3) is 0 Å². The molecule has 0 aliphatic heterocycles. The van der Waals surface area contributed by atoms with Crippen molar-refractivity contribution in [3.63, 3.8) is 0 Å². The van der Waals surface area contributed by atoms with Crippen molar-refractivity contribution >= 4 is 31.9 Å². The first kappa shape index (κ1) is 12.5. The topological polar surface area (TPSA) is 33.0 Å². The van der Waals surface area contributed by atoms with Crippen molar-refractivity contribution in [3.05, 3.63) is 27.7 Å². The molecule has 0 bridgehead atoms. The molecule has 0 aliphatic rings. The fourth-order valence-corrected chi connectivity index (χ4v) is 2.22. The van der Waals surface area contributed by atoms with Gasteiger partial charge in [0, 0.05) is 9.80 Å². The van der Waals surface area contributed by atoms with E-state index in [0.29, 0.717) is 17.9 Å². The summed E-state index contributed by atoms with van der Waals surface area (Å²) in [5, 5.41) is 9.82. The standard InChI is InChI=1S/C11H11Br2NO/c1-2-15-11-6-8(3-4-12)10(13)5-9(11)7-14/h5-6H,2-4H2,1H3. The van der Waals surface area contributed by atoms with Gasteiger partial charge in [-0.05, 0) is 31.0 Å². The third-order valence-corrected chi connectivity index (χ3v) is 3.07. The molecule has 0 unspecified atom stereocenters. The van der Waals surface area contributed by atoms with Crippen LogP contribution < -0.4 is 4.74 Å². The monoisotopic (exact) mass is 331 g/mol. The molecule has 0 amide bonds. The zero-order valence-electron chi connectivity index (χ0n) is 8.39. The molecular weight excluding hydrogens is 322 g/mol. The highest BCUT2D eigenvalue weighted by Gasteiger charge is 2.08. The first-order valence-corrected chi connectivity index (χ1v) is 6.55. The van der Waals surface area contributed by atoms with Crippen molar-refractivity contribution in [1.82, 2.24) is 0 Å². The molecule has 0 N–H and O–H groups in total. The molecule has 15 heavy (non-hydrogen) atoms. The van der Waals surface area contributed by atoms with Crippen LogP contribution >= 0.6 is 31.9 Å². The predicted octanol–water partition coefficient (Wildman–Crippen LogP) is 3.66. The summed E-state index contributed by atoms with van der Waals surface area (Å²) in [5.41, 5.74) is 1.72. The Morgan fingerprint density at radius 2 is 2.20 bits per heavy atom. The van der Waals surface area contributed by atoms with Crippen LogP contribution in [-0.2, 0) is 6.42 Å². The van der Waals surface area contributed by atoms with E-state index in [4.69, 9.17) is 10.00 Å². The Bertz CT molecular complexity index is 385. The summed E-state index contributed by atoms with van der Waals surface area (Å²) < 4.78 is 6.37. The summed E-state index contributed by atoms with van der Waals surface area (Å²) in [6.45, 7) is 2.48. The summed E-state index contributed by atoms with van der Waals surface area (Å²) >= 11 is 6.84. The molecule has 0 heterocycles. The van der Waals surface area contributed by atoms with Crippen molar-refractivity contribution < 1.29 is 4.74 Å². The van der Waals surface area contributed by atoms with Gasteiger partial charge in [-0.1, -0.05) is 31.9 Å². The Labute approximate surface area is 106 Å². The molecule has 0 radical (unpaired) electrons. The van der Waals surface area contributed by atoms with Gasteiger partial charge in [-0.25, -0.2) is 0 Å². The zero-order valence-corrected chi connectivity index (χ0v) is 11.6. The summed E-state index contributed by atoms with van der Waals surface area (Å²) in [5.74, 6) is 0.666. The summed E-state index contributed by atoms with van der Waals surface area (Å²) in [4.78, 5) is 0. The number of ether oxygens (including phenoxy) is 1. The van der Waals surface area contributed by atoms with Crippen molar-refractivity contribution in [2.45, 2.75) is 13.3 Å². The van der Waals surface area contributed by atoms with E-state index < -0.39 is 0 Å². The maximum Gasteiger partial charge on any atom is 0.137 e. The highest BCUT2D eigenvalue weighted by atomic mass is 79.9.